The molecule has 0 amide bonds. The van der Waals surface area contributed by atoms with Crippen molar-refractivity contribution in [3.63, 3.8) is 0 Å². The Hall–Kier alpha value is -2.14. The lowest BCUT2D eigenvalue weighted by atomic mass is 9.77. The molecule has 5 heteroatoms. The van der Waals surface area contributed by atoms with E-state index in [1.165, 1.54) is 37.8 Å². The van der Waals surface area contributed by atoms with E-state index in [2.05, 4.69) is 29.1 Å². The van der Waals surface area contributed by atoms with Gasteiger partial charge < -0.3 is 10.6 Å². The predicted molar refractivity (Wildman–Crippen MR) is 96.1 cm³/mol. The van der Waals surface area contributed by atoms with Gasteiger partial charge >= 0.3 is 0 Å². The number of hydrogen-bond donors (Lipinski definition) is 1. The molecule has 3 atom stereocenters. The summed E-state index contributed by atoms with van der Waals surface area (Å²) in [7, 11) is 2.30. The van der Waals surface area contributed by atoms with Crippen molar-refractivity contribution in [3.05, 3.63) is 36.0 Å². The second kappa shape index (κ2) is 5.18. The molecular formula is C19H23N5. The Morgan fingerprint density at radius 1 is 1.12 bits per heavy atom. The van der Waals surface area contributed by atoms with Crippen LogP contribution >= 0.6 is 0 Å². The van der Waals surface area contributed by atoms with Crippen molar-refractivity contribution in [3.8, 4) is 0 Å². The molecule has 2 aliphatic heterocycles. The van der Waals surface area contributed by atoms with Crippen molar-refractivity contribution >= 4 is 22.4 Å². The molecule has 4 heterocycles. The van der Waals surface area contributed by atoms with Gasteiger partial charge in [0, 0.05) is 29.5 Å². The van der Waals surface area contributed by atoms with Gasteiger partial charge in [-0.05, 0) is 44.9 Å². The maximum Gasteiger partial charge on any atom is 0.158 e. The average molecular weight is 321 g/mol. The predicted octanol–water partition coefficient (Wildman–Crippen LogP) is 3.20. The van der Waals surface area contributed by atoms with Crippen LogP contribution in [0.5, 0.6) is 0 Å². The molecule has 0 spiro atoms. The Bertz CT molecular complexity index is 901. The summed E-state index contributed by atoms with van der Waals surface area (Å²) in [5.41, 5.74) is 9.23. The van der Waals surface area contributed by atoms with Crippen molar-refractivity contribution in [2.45, 2.75) is 50.1 Å². The highest BCUT2D eigenvalue weighted by atomic mass is 15.3. The second-order valence-corrected chi connectivity index (χ2v) is 7.43. The molecule has 1 unspecified atom stereocenters. The van der Waals surface area contributed by atoms with E-state index in [1.807, 2.05) is 22.7 Å². The maximum absolute atomic E-state index is 6.14. The molecule has 1 aromatic carbocycles. The summed E-state index contributed by atoms with van der Waals surface area (Å²) in [5.74, 6) is 1.13. The van der Waals surface area contributed by atoms with Crippen LogP contribution in [0.4, 0.5) is 5.82 Å². The minimum Gasteiger partial charge on any atom is -0.383 e. The number of nitrogen functional groups attached to an aromatic ring is 1. The fourth-order valence-corrected chi connectivity index (χ4v) is 4.76. The molecule has 5 nitrogen and oxygen atoms in total. The van der Waals surface area contributed by atoms with E-state index in [0.29, 0.717) is 23.8 Å². The van der Waals surface area contributed by atoms with Crippen LogP contribution in [0.25, 0.3) is 16.6 Å². The van der Waals surface area contributed by atoms with Crippen LogP contribution in [0.15, 0.2) is 30.3 Å². The van der Waals surface area contributed by atoms with Crippen LogP contribution in [-0.4, -0.2) is 38.6 Å². The quantitative estimate of drug-likeness (QED) is 0.748. The molecule has 2 N–H and O–H groups in total. The first-order valence-corrected chi connectivity index (χ1v) is 8.96. The number of fused-ring (bicyclic) bond motifs is 5. The summed E-state index contributed by atoms with van der Waals surface area (Å²) in [4.78, 5) is 7.17. The van der Waals surface area contributed by atoms with Gasteiger partial charge in [-0.3, -0.25) is 0 Å². The Morgan fingerprint density at radius 2 is 1.88 bits per heavy atom. The van der Waals surface area contributed by atoms with Gasteiger partial charge in [0.2, 0.25) is 0 Å². The normalized spacial score (nSPS) is 27.8. The Kier molecular flexibility index (Phi) is 3.07. The molecule has 0 saturated carbocycles. The third-order valence-electron chi connectivity index (χ3n) is 6.11. The minimum atomic E-state index is 0.540. The van der Waals surface area contributed by atoms with Crippen LogP contribution in [0.2, 0.25) is 0 Å². The minimum absolute atomic E-state index is 0.540. The molecule has 24 heavy (non-hydrogen) atoms. The van der Waals surface area contributed by atoms with E-state index < -0.39 is 0 Å². The third kappa shape index (κ3) is 2.04. The summed E-state index contributed by atoms with van der Waals surface area (Å²) in [6.07, 6.45) is 6.45. The summed E-state index contributed by atoms with van der Waals surface area (Å²) in [6.45, 7) is 0. The highest BCUT2D eigenvalue weighted by Crippen LogP contribution is 2.40. The number of nitrogens with two attached hydrogens (primary N) is 1. The lowest BCUT2D eigenvalue weighted by Crippen LogP contribution is -2.49. The number of benzene rings is 1. The Balaban J connectivity index is 1.60. The van der Waals surface area contributed by atoms with Crippen molar-refractivity contribution in [2.75, 3.05) is 12.8 Å². The third-order valence-corrected chi connectivity index (χ3v) is 6.11. The molecule has 2 fully saturated rings. The van der Waals surface area contributed by atoms with E-state index in [0.717, 1.165) is 16.6 Å². The number of aromatic nitrogens is 3. The average Bonchev–Trinajstić information content (AvgIpc) is 2.99. The van der Waals surface area contributed by atoms with Gasteiger partial charge in [-0.1, -0.05) is 18.6 Å². The van der Waals surface area contributed by atoms with E-state index in [-0.39, 0.29) is 0 Å². The zero-order chi connectivity index (χ0) is 16.3. The summed E-state index contributed by atoms with van der Waals surface area (Å²) in [5, 5.41) is 5.91. The zero-order valence-corrected chi connectivity index (χ0v) is 14.0. The molecule has 0 radical (unpaired) electrons. The number of hydrogen-bond acceptors (Lipinski definition) is 4. The highest BCUT2D eigenvalue weighted by molar-refractivity contribution is 5.90. The van der Waals surface area contributed by atoms with Crippen molar-refractivity contribution in [1.29, 1.82) is 0 Å². The first-order valence-electron chi connectivity index (χ1n) is 8.96. The summed E-state index contributed by atoms with van der Waals surface area (Å²) in [6, 6.07) is 11.7. The number of anilines is 1. The first-order chi connectivity index (χ1) is 11.7. The summed E-state index contributed by atoms with van der Waals surface area (Å²) >= 11 is 0. The summed E-state index contributed by atoms with van der Waals surface area (Å²) < 4.78 is 1.97. The van der Waals surface area contributed by atoms with Crippen LogP contribution in [0.3, 0.4) is 0 Å². The van der Waals surface area contributed by atoms with Crippen LogP contribution in [0, 0.1) is 0 Å². The molecule has 2 bridgehead atoms. The maximum atomic E-state index is 6.14. The lowest BCUT2D eigenvalue weighted by Gasteiger charge is -2.46. The zero-order valence-electron chi connectivity index (χ0n) is 14.0. The number of piperidine rings is 2. The van der Waals surface area contributed by atoms with Gasteiger partial charge in [0.15, 0.2) is 5.65 Å². The molecule has 2 aromatic heterocycles. The van der Waals surface area contributed by atoms with Gasteiger partial charge in [0.1, 0.15) is 5.82 Å². The van der Waals surface area contributed by atoms with Gasteiger partial charge in [-0.15, -0.1) is 0 Å². The van der Waals surface area contributed by atoms with Crippen molar-refractivity contribution in [2.24, 2.45) is 0 Å². The topological polar surface area (TPSA) is 59.5 Å². The molecule has 2 aliphatic rings. The molecule has 2 saturated heterocycles. The molecule has 5 rings (SSSR count). The number of nitrogens with zero attached hydrogens (tertiary/aromatic N) is 4. The van der Waals surface area contributed by atoms with E-state index >= 15 is 0 Å². The fraction of sp³-hybridized carbons (Fsp3) is 0.474. The first kappa shape index (κ1) is 14.2. The van der Waals surface area contributed by atoms with Gasteiger partial charge in [0.05, 0.1) is 11.2 Å². The molecular weight excluding hydrogens is 298 g/mol. The Morgan fingerprint density at radius 3 is 2.67 bits per heavy atom. The molecule has 124 valence electrons. The van der Waals surface area contributed by atoms with E-state index in [9.17, 15) is 0 Å². The van der Waals surface area contributed by atoms with E-state index in [4.69, 9.17) is 10.8 Å². The van der Waals surface area contributed by atoms with Gasteiger partial charge in [-0.2, -0.15) is 5.10 Å². The monoisotopic (exact) mass is 321 g/mol. The van der Waals surface area contributed by atoms with Gasteiger partial charge in [-0.25, -0.2) is 9.50 Å². The van der Waals surface area contributed by atoms with Crippen LogP contribution in [0.1, 0.15) is 43.7 Å². The Labute approximate surface area is 141 Å². The molecule has 0 aliphatic carbocycles. The number of para-hydroxylation sites is 1. The van der Waals surface area contributed by atoms with Crippen LogP contribution in [-0.2, 0) is 0 Å². The highest BCUT2D eigenvalue weighted by Gasteiger charge is 2.37. The lowest BCUT2D eigenvalue weighted by molar-refractivity contribution is 0.0547. The fourth-order valence-electron chi connectivity index (χ4n) is 4.76. The standard InChI is InChI=1S/C19H23N5/c1-23-13-5-4-6-14(23)10-12(9-13)16-11-18-21-19(20)15-7-2-3-8-17(15)24(18)22-16/h2-3,7-8,11-14H,4-6,9-10H2,1H3,(H2,20,21)/t12?,13-,14+. The van der Waals surface area contributed by atoms with Crippen LogP contribution < -0.4 is 5.73 Å². The largest absolute Gasteiger partial charge is 0.383 e. The van der Waals surface area contributed by atoms with Gasteiger partial charge in [0.25, 0.3) is 0 Å². The van der Waals surface area contributed by atoms with E-state index in [1.54, 1.807) is 0 Å². The second-order valence-electron chi connectivity index (χ2n) is 7.43. The smallest absolute Gasteiger partial charge is 0.158 e. The SMILES string of the molecule is CN1[C@@H]2CCC[C@H]1CC(c1cc3nc(N)c4ccccc4n3n1)C2. The number of rotatable bonds is 1. The van der Waals surface area contributed by atoms with Crippen molar-refractivity contribution in [1.82, 2.24) is 19.5 Å². The van der Waals surface area contributed by atoms with Crippen molar-refractivity contribution < 1.29 is 0 Å². The molecule has 3 aromatic rings.